The highest BCUT2D eigenvalue weighted by Crippen LogP contribution is 2.47. The first-order valence-corrected chi connectivity index (χ1v) is 5.35. The van der Waals surface area contributed by atoms with Gasteiger partial charge in [-0.3, -0.25) is 14.9 Å². The van der Waals surface area contributed by atoms with Crippen molar-refractivity contribution in [3.63, 3.8) is 0 Å². The van der Waals surface area contributed by atoms with Gasteiger partial charge in [-0.25, -0.2) is 0 Å². The Kier molecular flexibility index (Phi) is 2.69. The predicted molar refractivity (Wildman–Crippen MR) is 61.3 cm³/mol. The Morgan fingerprint density at radius 3 is 2.59 bits per heavy atom. The third-order valence-corrected chi connectivity index (χ3v) is 3.35. The van der Waals surface area contributed by atoms with Crippen LogP contribution in [0.15, 0.2) is 41.3 Å². The molecule has 88 valence electrons. The molecule has 1 saturated carbocycles. The van der Waals surface area contributed by atoms with Crippen molar-refractivity contribution in [2.24, 2.45) is 11.1 Å². The first kappa shape index (κ1) is 11.4. The van der Waals surface area contributed by atoms with E-state index in [1.807, 2.05) is 0 Å². The Hall–Kier alpha value is -2.13. The molecule has 5 nitrogen and oxygen atoms in total. The quantitative estimate of drug-likeness (QED) is 0.454. The van der Waals surface area contributed by atoms with E-state index in [0.717, 1.165) is 6.42 Å². The number of primary amides is 1. The van der Waals surface area contributed by atoms with E-state index in [4.69, 9.17) is 5.73 Å². The van der Waals surface area contributed by atoms with Crippen LogP contribution in [0.2, 0.25) is 0 Å². The van der Waals surface area contributed by atoms with Gasteiger partial charge in [0.1, 0.15) is 0 Å². The molecule has 0 aromatic heterocycles. The highest BCUT2D eigenvalue weighted by molar-refractivity contribution is 5.86. The molecule has 0 heterocycles. The molecular weight excluding hydrogens is 220 g/mol. The minimum atomic E-state index is -0.649. The zero-order valence-electron chi connectivity index (χ0n) is 9.18. The molecule has 1 fully saturated rings. The lowest BCUT2D eigenvalue weighted by Gasteiger charge is -2.39. The Morgan fingerprint density at radius 1 is 1.41 bits per heavy atom. The van der Waals surface area contributed by atoms with Crippen molar-refractivity contribution < 1.29 is 9.72 Å². The lowest BCUT2D eigenvalue weighted by molar-refractivity contribution is -0.418. The molecule has 17 heavy (non-hydrogen) atoms. The fraction of sp³-hybridized carbons (Fsp3) is 0.333. The highest BCUT2D eigenvalue weighted by Gasteiger charge is 2.45. The van der Waals surface area contributed by atoms with Crippen LogP contribution in [-0.2, 0) is 4.79 Å². The van der Waals surface area contributed by atoms with Gasteiger partial charge in [-0.05, 0) is 24.5 Å². The number of amides is 1. The van der Waals surface area contributed by atoms with E-state index in [2.05, 4.69) is 5.73 Å². The molecule has 0 aliphatic heterocycles. The van der Waals surface area contributed by atoms with Crippen LogP contribution in [0.1, 0.15) is 19.3 Å². The van der Waals surface area contributed by atoms with E-state index in [1.54, 1.807) is 12.2 Å². The molecule has 0 radical (unpaired) electrons. The Labute approximate surface area is 98.1 Å². The lowest BCUT2D eigenvalue weighted by Crippen LogP contribution is -2.43. The third kappa shape index (κ3) is 1.81. The van der Waals surface area contributed by atoms with E-state index in [1.165, 1.54) is 12.2 Å². The van der Waals surface area contributed by atoms with Crippen molar-refractivity contribution in [2.75, 3.05) is 0 Å². The number of hydrogen-bond donors (Lipinski definition) is 1. The molecule has 0 atom stereocenters. The first-order valence-electron chi connectivity index (χ1n) is 5.35. The summed E-state index contributed by atoms with van der Waals surface area (Å²) < 4.78 is 0. The van der Waals surface area contributed by atoms with Crippen LogP contribution in [0.3, 0.4) is 0 Å². The van der Waals surface area contributed by atoms with E-state index in [0.29, 0.717) is 18.4 Å². The van der Waals surface area contributed by atoms with E-state index < -0.39 is 10.3 Å². The van der Waals surface area contributed by atoms with E-state index in [-0.39, 0.29) is 11.6 Å². The van der Waals surface area contributed by atoms with Gasteiger partial charge in [0.2, 0.25) is 5.91 Å². The number of nitrogens with zero attached hydrogens (tertiary/aromatic N) is 1. The maximum absolute atomic E-state index is 11.5. The summed E-state index contributed by atoms with van der Waals surface area (Å²) in [4.78, 5) is 21.6. The number of carbonyl (C=O) groups excluding carboxylic acids is 1. The monoisotopic (exact) mass is 232 g/mol. The largest absolute Gasteiger partial charge is 0.369 e. The van der Waals surface area contributed by atoms with Gasteiger partial charge in [-0.2, -0.15) is 0 Å². The fourth-order valence-corrected chi connectivity index (χ4v) is 2.11. The summed E-state index contributed by atoms with van der Waals surface area (Å²) in [5.74, 6) is -0.369. The van der Waals surface area contributed by atoms with Crippen LogP contribution in [0, 0.1) is 15.5 Å². The summed E-state index contributed by atoms with van der Waals surface area (Å²) in [6, 6.07) is 0. The van der Waals surface area contributed by atoms with Gasteiger partial charge in [0, 0.05) is 6.08 Å². The second kappa shape index (κ2) is 4.03. The predicted octanol–water partition coefficient (Wildman–Crippen LogP) is 1.45. The standard InChI is InChI=1S/C12H12N2O3/c13-11(15)12(7-2-8-12)9-3-1-4-10(6-5-9)14(16)17/h3-6H,2,7-8H2,(H2,13,15). The smallest absolute Gasteiger partial charge is 0.277 e. The molecule has 2 N–H and O–H groups in total. The van der Waals surface area contributed by atoms with Crippen LogP contribution in [0.25, 0.3) is 0 Å². The summed E-state index contributed by atoms with van der Waals surface area (Å²) in [6.07, 6.45) is 8.23. The maximum atomic E-state index is 11.5. The van der Waals surface area contributed by atoms with E-state index in [9.17, 15) is 14.9 Å². The lowest BCUT2D eigenvalue weighted by atomic mass is 9.63. The van der Waals surface area contributed by atoms with Crippen molar-refractivity contribution >= 4 is 5.91 Å². The molecule has 0 aromatic carbocycles. The zero-order valence-corrected chi connectivity index (χ0v) is 9.18. The normalized spacial score (nSPS) is 20.9. The summed E-state index contributed by atoms with van der Waals surface area (Å²) in [7, 11) is 0. The Morgan fingerprint density at radius 2 is 2.12 bits per heavy atom. The van der Waals surface area contributed by atoms with Gasteiger partial charge in [-0.15, -0.1) is 5.73 Å². The van der Waals surface area contributed by atoms with Gasteiger partial charge in [0.15, 0.2) is 0 Å². The minimum Gasteiger partial charge on any atom is -0.369 e. The van der Waals surface area contributed by atoms with Gasteiger partial charge >= 0.3 is 0 Å². The topological polar surface area (TPSA) is 86.2 Å². The van der Waals surface area contributed by atoms with Crippen molar-refractivity contribution in [3.05, 3.63) is 51.4 Å². The van der Waals surface area contributed by atoms with Gasteiger partial charge in [0.05, 0.1) is 16.4 Å². The summed E-state index contributed by atoms with van der Waals surface area (Å²) in [5.41, 5.74) is 8.16. The van der Waals surface area contributed by atoms with Crippen molar-refractivity contribution in [1.82, 2.24) is 0 Å². The molecule has 0 aromatic rings. The first-order chi connectivity index (χ1) is 8.06. The molecule has 0 bridgehead atoms. The molecule has 0 unspecified atom stereocenters. The van der Waals surface area contributed by atoms with Gasteiger partial charge in [0.25, 0.3) is 5.70 Å². The number of nitro groups is 1. The number of carbonyl (C=O) groups is 1. The van der Waals surface area contributed by atoms with Crippen molar-refractivity contribution in [3.8, 4) is 0 Å². The van der Waals surface area contributed by atoms with Crippen molar-refractivity contribution in [2.45, 2.75) is 19.3 Å². The maximum Gasteiger partial charge on any atom is 0.277 e. The second-order valence-corrected chi connectivity index (χ2v) is 4.23. The minimum absolute atomic E-state index is 0.0461. The van der Waals surface area contributed by atoms with Crippen LogP contribution in [0.4, 0.5) is 0 Å². The van der Waals surface area contributed by atoms with Crippen LogP contribution in [-0.4, -0.2) is 10.8 Å². The zero-order chi connectivity index (χ0) is 12.5. The molecule has 5 heteroatoms. The molecule has 2 aliphatic rings. The molecule has 0 spiro atoms. The molecule has 2 aliphatic carbocycles. The Balaban J connectivity index is 2.39. The van der Waals surface area contributed by atoms with Crippen LogP contribution < -0.4 is 5.73 Å². The average Bonchev–Trinajstić information content (AvgIpc) is 2.41. The molecule has 1 amide bonds. The SMILES string of the molecule is NC(=O)C1(C2=CC=C([N+](=O)[O-])C=C=C2)CCC1. The number of allylic oxidation sites excluding steroid dienone is 3. The highest BCUT2D eigenvalue weighted by atomic mass is 16.6. The number of rotatable bonds is 3. The van der Waals surface area contributed by atoms with Crippen molar-refractivity contribution in [1.29, 1.82) is 0 Å². The summed E-state index contributed by atoms with van der Waals surface area (Å²) in [5, 5.41) is 10.6. The fourth-order valence-electron chi connectivity index (χ4n) is 2.11. The number of hydrogen-bond acceptors (Lipinski definition) is 3. The van der Waals surface area contributed by atoms with Crippen LogP contribution >= 0.6 is 0 Å². The van der Waals surface area contributed by atoms with Crippen LogP contribution in [0.5, 0.6) is 0 Å². The average molecular weight is 232 g/mol. The van der Waals surface area contributed by atoms with Gasteiger partial charge in [-0.1, -0.05) is 12.5 Å². The van der Waals surface area contributed by atoms with Gasteiger partial charge < -0.3 is 5.73 Å². The summed E-state index contributed by atoms with van der Waals surface area (Å²) in [6.45, 7) is 0. The molecule has 2 rings (SSSR count). The molecular formula is C12H12N2O3. The molecule has 0 saturated heterocycles. The second-order valence-electron chi connectivity index (χ2n) is 4.23. The number of nitrogens with two attached hydrogens (primary N) is 1. The third-order valence-electron chi connectivity index (χ3n) is 3.35. The Bertz CT molecular complexity index is 504. The summed E-state index contributed by atoms with van der Waals surface area (Å²) >= 11 is 0. The van der Waals surface area contributed by atoms with E-state index >= 15 is 0 Å².